The van der Waals surface area contributed by atoms with Crippen LogP contribution in [0.3, 0.4) is 0 Å². The number of rotatable bonds is 3. The zero-order chi connectivity index (χ0) is 9.14. The molecule has 1 rings (SSSR count). The Balaban J connectivity index is 2.06. The van der Waals surface area contributed by atoms with Crippen molar-refractivity contribution < 1.29 is 4.79 Å². The van der Waals surface area contributed by atoms with Crippen LogP contribution in [-0.2, 0) is 0 Å². The number of hydrogen-bond acceptors (Lipinski definition) is 1. The Morgan fingerprint density at radius 3 is 2.58 bits per heavy atom. The average molecular weight is 170 g/mol. The molecule has 0 unspecified atom stereocenters. The van der Waals surface area contributed by atoms with E-state index in [2.05, 4.69) is 13.8 Å². The third-order valence-electron chi connectivity index (χ3n) is 2.42. The molecule has 0 radical (unpaired) electrons. The Labute approximate surface area is 73.9 Å². The average Bonchev–Trinajstić information content (AvgIpc) is 1.82. The minimum atomic E-state index is -0.268. The van der Waals surface area contributed by atoms with Crippen molar-refractivity contribution >= 4 is 6.03 Å². The number of nitrogens with two attached hydrogens (primary N) is 1. The molecule has 0 spiro atoms. The van der Waals surface area contributed by atoms with E-state index in [4.69, 9.17) is 5.73 Å². The first kappa shape index (κ1) is 9.36. The Hall–Kier alpha value is -0.730. The highest BCUT2D eigenvalue weighted by molar-refractivity contribution is 5.72. The van der Waals surface area contributed by atoms with E-state index in [0.29, 0.717) is 5.92 Å². The Kier molecular flexibility index (Phi) is 2.95. The van der Waals surface area contributed by atoms with Gasteiger partial charge >= 0.3 is 6.03 Å². The fourth-order valence-electron chi connectivity index (χ4n) is 1.50. The Bertz CT molecular complexity index is 162. The first-order valence-corrected chi connectivity index (χ1v) is 4.64. The third-order valence-corrected chi connectivity index (χ3v) is 2.42. The minimum Gasteiger partial charge on any atom is -0.351 e. The number of urea groups is 1. The van der Waals surface area contributed by atoms with E-state index in [1.165, 1.54) is 12.8 Å². The fraction of sp³-hybridized carbons (Fsp3) is 0.889. The summed E-state index contributed by atoms with van der Waals surface area (Å²) in [7, 11) is 0. The standard InChI is InChI=1S/C9H18N2O/c1-7(2)3-4-8-5-11(6-8)9(10)12/h7-8H,3-6H2,1-2H3,(H2,10,12). The Morgan fingerprint density at radius 2 is 2.17 bits per heavy atom. The topological polar surface area (TPSA) is 46.3 Å². The minimum absolute atomic E-state index is 0.268. The molecule has 1 fully saturated rings. The molecule has 0 aromatic rings. The van der Waals surface area contributed by atoms with Gasteiger partial charge in [0.15, 0.2) is 0 Å². The summed E-state index contributed by atoms with van der Waals surface area (Å²) in [5.41, 5.74) is 5.10. The SMILES string of the molecule is CC(C)CCC1CN(C(N)=O)C1. The highest BCUT2D eigenvalue weighted by Crippen LogP contribution is 2.21. The van der Waals surface area contributed by atoms with Gasteiger partial charge in [-0.3, -0.25) is 0 Å². The van der Waals surface area contributed by atoms with Gasteiger partial charge in [0.05, 0.1) is 0 Å². The highest BCUT2D eigenvalue weighted by atomic mass is 16.2. The molecule has 1 aliphatic rings. The van der Waals surface area contributed by atoms with Crippen molar-refractivity contribution in [3.8, 4) is 0 Å². The van der Waals surface area contributed by atoms with Gasteiger partial charge in [-0.05, 0) is 18.3 Å². The largest absolute Gasteiger partial charge is 0.351 e. The van der Waals surface area contributed by atoms with Crippen molar-refractivity contribution in [1.29, 1.82) is 0 Å². The number of carbonyl (C=O) groups excluding carboxylic acids is 1. The molecule has 0 saturated carbocycles. The summed E-state index contributed by atoms with van der Waals surface area (Å²) >= 11 is 0. The van der Waals surface area contributed by atoms with Gasteiger partial charge in [-0.2, -0.15) is 0 Å². The first-order chi connectivity index (χ1) is 5.59. The summed E-state index contributed by atoms with van der Waals surface area (Å²) in [4.78, 5) is 12.3. The molecule has 3 heteroatoms. The number of nitrogens with zero attached hydrogens (tertiary/aromatic N) is 1. The number of carbonyl (C=O) groups is 1. The molecule has 0 aromatic heterocycles. The second-order valence-corrected chi connectivity index (χ2v) is 4.08. The van der Waals surface area contributed by atoms with Crippen LogP contribution in [0.25, 0.3) is 0 Å². The maximum absolute atomic E-state index is 10.6. The lowest BCUT2D eigenvalue weighted by Crippen LogP contribution is -2.52. The van der Waals surface area contributed by atoms with E-state index in [9.17, 15) is 4.79 Å². The maximum atomic E-state index is 10.6. The summed E-state index contributed by atoms with van der Waals surface area (Å²) in [6.45, 7) is 6.21. The molecule has 1 aliphatic heterocycles. The van der Waals surface area contributed by atoms with E-state index >= 15 is 0 Å². The van der Waals surface area contributed by atoms with Gasteiger partial charge in [0.25, 0.3) is 0 Å². The van der Waals surface area contributed by atoms with Crippen LogP contribution in [-0.4, -0.2) is 24.0 Å². The second kappa shape index (κ2) is 3.78. The van der Waals surface area contributed by atoms with Gasteiger partial charge in [-0.1, -0.05) is 20.3 Å². The van der Waals surface area contributed by atoms with Gasteiger partial charge in [-0.15, -0.1) is 0 Å². The molecule has 1 heterocycles. The van der Waals surface area contributed by atoms with Crippen molar-refractivity contribution in [1.82, 2.24) is 4.90 Å². The van der Waals surface area contributed by atoms with Crippen LogP contribution in [0.5, 0.6) is 0 Å². The molecular weight excluding hydrogens is 152 g/mol. The number of primary amides is 1. The normalized spacial score (nSPS) is 18.1. The molecule has 2 N–H and O–H groups in total. The molecule has 0 aliphatic carbocycles. The summed E-state index contributed by atoms with van der Waals surface area (Å²) in [6, 6.07) is -0.268. The van der Waals surface area contributed by atoms with Gasteiger partial charge in [0.1, 0.15) is 0 Å². The predicted molar refractivity (Wildman–Crippen MR) is 48.7 cm³/mol. The van der Waals surface area contributed by atoms with Crippen molar-refractivity contribution in [2.45, 2.75) is 26.7 Å². The lowest BCUT2D eigenvalue weighted by Gasteiger charge is -2.38. The zero-order valence-corrected chi connectivity index (χ0v) is 7.92. The van der Waals surface area contributed by atoms with E-state index in [0.717, 1.165) is 19.0 Å². The predicted octanol–water partition coefficient (Wildman–Crippen LogP) is 1.43. The van der Waals surface area contributed by atoms with Gasteiger partial charge in [-0.25, -0.2) is 4.79 Å². The van der Waals surface area contributed by atoms with Gasteiger partial charge < -0.3 is 10.6 Å². The lowest BCUT2D eigenvalue weighted by molar-refractivity contribution is 0.119. The molecule has 2 amide bonds. The van der Waals surface area contributed by atoms with Gasteiger partial charge in [0.2, 0.25) is 0 Å². The monoisotopic (exact) mass is 170 g/mol. The van der Waals surface area contributed by atoms with Crippen LogP contribution < -0.4 is 5.73 Å². The van der Waals surface area contributed by atoms with E-state index in [1.54, 1.807) is 4.90 Å². The van der Waals surface area contributed by atoms with Crippen molar-refractivity contribution in [3.63, 3.8) is 0 Å². The van der Waals surface area contributed by atoms with Crippen LogP contribution in [0.4, 0.5) is 4.79 Å². The quantitative estimate of drug-likeness (QED) is 0.684. The van der Waals surface area contributed by atoms with Crippen LogP contribution in [0.15, 0.2) is 0 Å². The van der Waals surface area contributed by atoms with E-state index < -0.39 is 0 Å². The number of hydrogen-bond donors (Lipinski definition) is 1. The molecule has 12 heavy (non-hydrogen) atoms. The summed E-state index contributed by atoms with van der Waals surface area (Å²) < 4.78 is 0. The van der Waals surface area contributed by atoms with Gasteiger partial charge in [0, 0.05) is 13.1 Å². The first-order valence-electron chi connectivity index (χ1n) is 4.64. The molecule has 0 atom stereocenters. The van der Waals surface area contributed by atoms with Crippen molar-refractivity contribution in [3.05, 3.63) is 0 Å². The lowest BCUT2D eigenvalue weighted by atomic mass is 9.92. The highest BCUT2D eigenvalue weighted by Gasteiger charge is 2.28. The number of amides is 2. The van der Waals surface area contributed by atoms with Crippen LogP contribution in [0, 0.1) is 11.8 Å². The van der Waals surface area contributed by atoms with E-state index in [-0.39, 0.29) is 6.03 Å². The number of likely N-dealkylation sites (tertiary alicyclic amines) is 1. The molecule has 3 nitrogen and oxygen atoms in total. The molecule has 70 valence electrons. The smallest absolute Gasteiger partial charge is 0.314 e. The summed E-state index contributed by atoms with van der Waals surface area (Å²) in [6.07, 6.45) is 2.50. The zero-order valence-electron chi connectivity index (χ0n) is 7.92. The van der Waals surface area contributed by atoms with Crippen LogP contribution >= 0.6 is 0 Å². The molecule has 0 bridgehead atoms. The van der Waals surface area contributed by atoms with Crippen LogP contribution in [0.1, 0.15) is 26.7 Å². The third kappa shape index (κ3) is 2.40. The maximum Gasteiger partial charge on any atom is 0.314 e. The summed E-state index contributed by atoms with van der Waals surface area (Å²) in [5, 5.41) is 0. The van der Waals surface area contributed by atoms with Crippen molar-refractivity contribution in [2.24, 2.45) is 17.6 Å². The van der Waals surface area contributed by atoms with Crippen LogP contribution in [0.2, 0.25) is 0 Å². The fourth-order valence-corrected chi connectivity index (χ4v) is 1.50. The molecular formula is C9H18N2O. The van der Waals surface area contributed by atoms with Crippen molar-refractivity contribution in [2.75, 3.05) is 13.1 Å². The molecule has 0 aromatic carbocycles. The Morgan fingerprint density at radius 1 is 1.58 bits per heavy atom. The molecule has 1 saturated heterocycles. The second-order valence-electron chi connectivity index (χ2n) is 4.08. The van der Waals surface area contributed by atoms with E-state index in [1.807, 2.05) is 0 Å². The summed E-state index contributed by atoms with van der Waals surface area (Å²) in [5.74, 6) is 1.48.